The summed E-state index contributed by atoms with van der Waals surface area (Å²) in [6.07, 6.45) is 10.1. The number of rotatable bonds is 5. The lowest BCUT2D eigenvalue weighted by Crippen LogP contribution is -2.44. The molecule has 0 saturated heterocycles. The second-order valence-electron chi connectivity index (χ2n) is 5.92. The molecule has 1 aliphatic carbocycles. The second-order valence-corrected chi connectivity index (χ2v) is 5.92. The summed E-state index contributed by atoms with van der Waals surface area (Å²) in [6.45, 7) is 3.29. The molecule has 0 amide bonds. The van der Waals surface area contributed by atoms with Gasteiger partial charge < -0.3 is 10.1 Å². The summed E-state index contributed by atoms with van der Waals surface area (Å²) in [5.74, 6) is 1.08. The summed E-state index contributed by atoms with van der Waals surface area (Å²) in [6, 6.07) is 8.86. The van der Waals surface area contributed by atoms with Gasteiger partial charge in [0.05, 0.1) is 6.04 Å². The monoisotopic (exact) mass is 271 g/mol. The Kier molecular flexibility index (Phi) is 4.41. The van der Waals surface area contributed by atoms with Gasteiger partial charge in [0.15, 0.2) is 0 Å². The van der Waals surface area contributed by atoms with Crippen LogP contribution >= 0.6 is 0 Å². The molecule has 2 nitrogen and oxygen atoms in total. The van der Waals surface area contributed by atoms with Gasteiger partial charge in [-0.15, -0.1) is 0 Å². The van der Waals surface area contributed by atoms with Crippen molar-refractivity contribution in [2.75, 3.05) is 6.54 Å². The van der Waals surface area contributed by atoms with Crippen LogP contribution in [0.1, 0.15) is 44.6 Å². The number of hydrogen-bond donors (Lipinski definition) is 1. The smallest absolute Gasteiger partial charge is 0.123 e. The van der Waals surface area contributed by atoms with Gasteiger partial charge in [-0.05, 0) is 50.3 Å². The first-order chi connectivity index (χ1) is 9.88. The third kappa shape index (κ3) is 2.90. The third-order valence-electron chi connectivity index (χ3n) is 4.38. The number of hydrogen-bond acceptors (Lipinski definition) is 2. The minimum atomic E-state index is 0.267. The van der Waals surface area contributed by atoms with Crippen LogP contribution in [0.15, 0.2) is 35.9 Å². The molecule has 0 bridgehead atoms. The van der Waals surface area contributed by atoms with Gasteiger partial charge in [-0.3, -0.25) is 0 Å². The maximum atomic E-state index is 6.22. The Bertz CT molecular complexity index is 455. The van der Waals surface area contributed by atoms with Crippen molar-refractivity contribution in [2.24, 2.45) is 0 Å². The van der Waals surface area contributed by atoms with E-state index in [9.17, 15) is 0 Å². The maximum Gasteiger partial charge on any atom is 0.123 e. The maximum absolute atomic E-state index is 6.22. The number of benzene rings is 1. The fraction of sp³-hybridized carbons (Fsp3) is 0.556. The van der Waals surface area contributed by atoms with Crippen molar-refractivity contribution in [3.8, 4) is 5.75 Å². The van der Waals surface area contributed by atoms with E-state index in [2.05, 4.69) is 42.6 Å². The van der Waals surface area contributed by atoms with Gasteiger partial charge in [-0.1, -0.05) is 36.8 Å². The molecule has 0 saturated carbocycles. The minimum absolute atomic E-state index is 0.267. The molecule has 1 aromatic carbocycles. The van der Waals surface area contributed by atoms with E-state index >= 15 is 0 Å². The first kappa shape index (κ1) is 13.7. The van der Waals surface area contributed by atoms with Crippen LogP contribution in [0.25, 0.3) is 0 Å². The molecule has 1 aliphatic heterocycles. The average molecular weight is 271 g/mol. The summed E-state index contributed by atoms with van der Waals surface area (Å²) in [5.41, 5.74) is 2.93. The fourth-order valence-corrected chi connectivity index (χ4v) is 3.34. The molecule has 1 N–H and O–H groups in total. The highest BCUT2D eigenvalue weighted by Gasteiger charge is 2.32. The highest BCUT2D eigenvalue weighted by Crippen LogP contribution is 2.33. The molecule has 2 atom stereocenters. The van der Waals surface area contributed by atoms with Crippen LogP contribution in [0.3, 0.4) is 0 Å². The predicted molar refractivity (Wildman–Crippen MR) is 83.2 cm³/mol. The van der Waals surface area contributed by atoms with Gasteiger partial charge in [-0.25, -0.2) is 0 Å². The summed E-state index contributed by atoms with van der Waals surface area (Å²) in [4.78, 5) is 0. The van der Waals surface area contributed by atoms with E-state index in [4.69, 9.17) is 4.74 Å². The standard InChI is InChI=1S/C18H25NO/c1-2-12-19-18(14-8-4-3-5-9-14)17-13-15-10-6-7-11-16(15)20-17/h6-8,10-11,17-19H,2-5,9,12-13H2,1H3. The molecule has 0 aromatic heterocycles. The molecule has 0 radical (unpaired) electrons. The fourth-order valence-electron chi connectivity index (χ4n) is 3.34. The molecule has 2 unspecified atom stereocenters. The van der Waals surface area contributed by atoms with E-state index in [0.29, 0.717) is 6.04 Å². The molecule has 2 heteroatoms. The van der Waals surface area contributed by atoms with E-state index in [1.165, 1.54) is 37.7 Å². The molecule has 2 aliphatic rings. The average Bonchev–Trinajstić information content (AvgIpc) is 2.92. The van der Waals surface area contributed by atoms with Crippen LogP contribution in [-0.4, -0.2) is 18.7 Å². The number of allylic oxidation sites excluding steroid dienone is 1. The number of nitrogens with one attached hydrogen (secondary N) is 1. The SMILES string of the molecule is CCCNC(C1=CCCCC1)C1Cc2ccccc2O1. The zero-order chi connectivity index (χ0) is 13.8. The quantitative estimate of drug-likeness (QED) is 0.821. The summed E-state index contributed by atoms with van der Waals surface area (Å²) >= 11 is 0. The molecule has 1 heterocycles. The molecule has 3 rings (SSSR count). The van der Waals surface area contributed by atoms with Crippen LogP contribution in [0.4, 0.5) is 0 Å². The Hall–Kier alpha value is -1.28. The highest BCUT2D eigenvalue weighted by molar-refractivity contribution is 5.38. The lowest BCUT2D eigenvalue weighted by Gasteiger charge is -2.29. The first-order valence-corrected chi connectivity index (χ1v) is 8.05. The van der Waals surface area contributed by atoms with E-state index in [0.717, 1.165) is 18.7 Å². The Morgan fingerprint density at radius 2 is 2.20 bits per heavy atom. The highest BCUT2D eigenvalue weighted by atomic mass is 16.5. The molecule has 108 valence electrons. The molecule has 1 aromatic rings. The van der Waals surface area contributed by atoms with E-state index in [1.807, 2.05) is 0 Å². The normalized spacial score (nSPS) is 22.9. The molecular weight excluding hydrogens is 246 g/mol. The zero-order valence-electron chi connectivity index (χ0n) is 12.4. The summed E-state index contributed by atoms with van der Waals surface area (Å²) in [7, 11) is 0. The van der Waals surface area contributed by atoms with Crippen molar-refractivity contribution in [3.05, 3.63) is 41.5 Å². The van der Waals surface area contributed by atoms with Crippen LogP contribution in [-0.2, 0) is 6.42 Å². The van der Waals surface area contributed by atoms with Gasteiger partial charge in [0, 0.05) is 6.42 Å². The lowest BCUT2D eigenvalue weighted by atomic mass is 9.89. The van der Waals surface area contributed by atoms with Crippen molar-refractivity contribution in [1.29, 1.82) is 0 Å². The Morgan fingerprint density at radius 1 is 1.30 bits per heavy atom. The van der Waals surface area contributed by atoms with Gasteiger partial charge >= 0.3 is 0 Å². The van der Waals surface area contributed by atoms with Crippen LogP contribution in [0.2, 0.25) is 0 Å². The van der Waals surface area contributed by atoms with Crippen LogP contribution in [0, 0.1) is 0 Å². The number of para-hydroxylation sites is 1. The Morgan fingerprint density at radius 3 is 2.95 bits per heavy atom. The van der Waals surface area contributed by atoms with Crippen LogP contribution < -0.4 is 10.1 Å². The van der Waals surface area contributed by atoms with Crippen molar-refractivity contribution in [1.82, 2.24) is 5.32 Å². The molecular formula is C18H25NO. The topological polar surface area (TPSA) is 21.3 Å². The second kappa shape index (κ2) is 6.45. The van der Waals surface area contributed by atoms with Crippen LogP contribution in [0.5, 0.6) is 5.75 Å². The third-order valence-corrected chi connectivity index (χ3v) is 4.38. The first-order valence-electron chi connectivity index (χ1n) is 8.05. The summed E-state index contributed by atoms with van der Waals surface area (Å²) in [5, 5.41) is 3.72. The molecule has 20 heavy (non-hydrogen) atoms. The zero-order valence-corrected chi connectivity index (χ0v) is 12.4. The van der Waals surface area contributed by atoms with Crippen molar-refractivity contribution >= 4 is 0 Å². The van der Waals surface area contributed by atoms with Crippen molar-refractivity contribution < 1.29 is 4.74 Å². The van der Waals surface area contributed by atoms with Crippen molar-refractivity contribution in [3.63, 3.8) is 0 Å². The Labute approximate surface area is 122 Å². The van der Waals surface area contributed by atoms with E-state index < -0.39 is 0 Å². The minimum Gasteiger partial charge on any atom is -0.488 e. The van der Waals surface area contributed by atoms with Gasteiger partial charge in [0.1, 0.15) is 11.9 Å². The van der Waals surface area contributed by atoms with Gasteiger partial charge in [-0.2, -0.15) is 0 Å². The van der Waals surface area contributed by atoms with E-state index in [-0.39, 0.29) is 6.10 Å². The Balaban J connectivity index is 1.75. The van der Waals surface area contributed by atoms with Crippen molar-refractivity contribution in [2.45, 2.75) is 57.6 Å². The van der Waals surface area contributed by atoms with E-state index in [1.54, 1.807) is 5.57 Å². The molecule has 0 fully saturated rings. The number of fused-ring (bicyclic) bond motifs is 1. The molecule has 0 spiro atoms. The summed E-state index contributed by atoms with van der Waals surface area (Å²) < 4.78 is 6.22. The number of ether oxygens (including phenoxy) is 1. The predicted octanol–water partition coefficient (Wildman–Crippen LogP) is 3.86. The van der Waals surface area contributed by atoms with Gasteiger partial charge in [0.25, 0.3) is 0 Å². The van der Waals surface area contributed by atoms with Gasteiger partial charge in [0.2, 0.25) is 0 Å². The largest absolute Gasteiger partial charge is 0.488 e. The lowest BCUT2D eigenvalue weighted by molar-refractivity contribution is 0.190.